The number of nitrogens with two attached hydrogens (primary N) is 2. The highest BCUT2D eigenvalue weighted by Crippen LogP contribution is 2.33. The molecule has 2 heteroatoms. The molecule has 14 heavy (non-hydrogen) atoms. The van der Waals surface area contributed by atoms with Gasteiger partial charge in [0.05, 0.1) is 0 Å². The molecular formula is C12H26N2. The molecule has 0 spiro atoms. The van der Waals surface area contributed by atoms with Crippen LogP contribution in [0.4, 0.5) is 0 Å². The monoisotopic (exact) mass is 198 g/mol. The van der Waals surface area contributed by atoms with Crippen LogP contribution in [0.2, 0.25) is 0 Å². The van der Waals surface area contributed by atoms with Crippen molar-refractivity contribution in [3.05, 3.63) is 0 Å². The van der Waals surface area contributed by atoms with E-state index < -0.39 is 0 Å². The summed E-state index contributed by atoms with van der Waals surface area (Å²) in [5, 5.41) is 0. The van der Waals surface area contributed by atoms with E-state index in [0.29, 0.717) is 5.92 Å². The first-order valence-corrected chi connectivity index (χ1v) is 6.09. The van der Waals surface area contributed by atoms with Gasteiger partial charge in [0.1, 0.15) is 0 Å². The average molecular weight is 198 g/mol. The molecule has 4 N–H and O–H groups in total. The third kappa shape index (κ3) is 2.48. The minimum Gasteiger partial charge on any atom is -0.326 e. The van der Waals surface area contributed by atoms with E-state index in [9.17, 15) is 0 Å². The van der Waals surface area contributed by atoms with Crippen LogP contribution in [-0.4, -0.2) is 12.1 Å². The Labute approximate surface area is 88.4 Å². The van der Waals surface area contributed by atoms with E-state index in [1.54, 1.807) is 0 Å². The first-order valence-electron chi connectivity index (χ1n) is 6.09. The van der Waals surface area contributed by atoms with Crippen molar-refractivity contribution in [2.45, 2.75) is 58.5 Å². The van der Waals surface area contributed by atoms with Crippen molar-refractivity contribution in [1.29, 1.82) is 0 Å². The summed E-state index contributed by atoms with van der Waals surface area (Å²) < 4.78 is 0. The Bertz CT molecular complexity index is 170. The SMILES string of the molecule is CCC(C)C(C)C1CCCC(N)C1N. The molecule has 0 aromatic heterocycles. The minimum absolute atomic E-state index is 0.229. The summed E-state index contributed by atoms with van der Waals surface area (Å²) in [4.78, 5) is 0. The van der Waals surface area contributed by atoms with Crippen LogP contribution in [0, 0.1) is 17.8 Å². The van der Waals surface area contributed by atoms with Crippen LogP contribution >= 0.6 is 0 Å². The van der Waals surface area contributed by atoms with Crippen LogP contribution in [0.5, 0.6) is 0 Å². The Balaban J connectivity index is 2.57. The largest absolute Gasteiger partial charge is 0.326 e. The molecule has 0 amide bonds. The molecule has 0 aromatic rings. The van der Waals surface area contributed by atoms with Crippen LogP contribution in [-0.2, 0) is 0 Å². The van der Waals surface area contributed by atoms with Gasteiger partial charge in [0.15, 0.2) is 0 Å². The van der Waals surface area contributed by atoms with Gasteiger partial charge in [-0.15, -0.1) is 0 Å². The molecule has 84 valence electrons. The quantitative estimate of drug-likeness (QED) is 0.730. The fraction of sp³-hybridized carbons (Fsp3) is 1.00. The van der Waals surface area contributed by atoms with E-state index in [1.807, 2.05) is 0 Å². The van der Waals surface area contributed by atoms with Gasteiger partial charge in [-0.25, -0.2) is 0 Å². The first-order chi connectivity index (χ1) is 6.57. The highest BCUT2D eigenvalue weighted by molar-refractivity contribution is 4.90. The Morgan fingerprint density at radius 3 is 2.43 bits per heavy atom. The van der Waals surface area contributed by atoms with E-state index >= 15 is 0 Å². The molecule has 0 saturated heterocycles. The number of rotatable bonds is 3. The molecule has 0 heterocycles. The first kappa shape index (κ1) is 12.0. The van der Waals surface area contributed by atoms with Crippen molar-refractivity contribution in [1.82, 2.24) is 0 Å². The molecule has 1 fully saturated rings. The standard InChI is InChI=1S/C12H26N2/c1-4-8(2)9(3)10-6-5-7-11(13)12(10)14/h8-12H,4-7,13-14H2,1-3H3. The summed E-state index contributed by atoms with van der Waals surface area (Å²) >= 11 is 0. The highest BCUT2D eigenvalue weighted by atomic mass is 14.8. The molecule has 5 unspecified atom stereocenters. The van der Waals surface area contributed by atoms with Crippen LogP contribution < -0.4 is 11.5 Å². The summed E-state index contributed by atoms with van der Waals surface area (Å²) in [7, 11) is 0. The zero-order chi connectivity index (χ0) is 10.7. The number of hydrogen-bond donors (Lipinski definition) is 2. The lowest BCUT2D eigenvalue weighted by molar-refractivity contribution is 0.160. The average Bonchev–Trinajstić information content (AvgIpc) is 2.20. The summed E-state index contributed by atoms with van der Waals surface area (Å²) in [6.07, 6.45) is 4.91. The molecule has 1 saturated carbocycles. The van der Waals surface area contributed by atoms with Gasteiger partial charge in [0.25, 0.3) is 0 Å². The topological polar surface area (TPSA) is 52.0 Å². The predicted octanol–water partition coefficient (Wildman–Crippen LogP) is 2.12. The fourth-order valence-electron chi connectivity index (χ4n) is 2.70. The maximum absolute atomic E-state index is 6.19. The van der Waals surface area contributed by atoms with E-state index in [1.165, 1.54) is 19.3 Å². The Hall–Kier alpha value is -0.0800. The van der Waals surface area contributed by atoms with Crippen LogP contribution in [0.1, 0.15) is 46.5 Å². The molecular weight excluding hydrogens is 172 g/mol. The zero-order valence-electron chi connectivity index (χ0n) is 9.87. The van der Waals surface area contributed by atoms with E-state index in [4.69, 9.17) is 11.5 Å². The van der Waals surface area contributed by atoms with Gasteiger partial charge >= 0.3 is 0 Å². The van der Waals surface area contributed by atoms with Gasteiger partial charge in [0.2, 0.25) is 0 Å². The second-order valence-corrected chi connectivity index (χ2v) is 5.08. The second-order valence-electron chi connectivity index (χ2n) is 5.08. The van der Waals surface area contributed by atoms with Crippen LogP contribution in [0.15, 0.2) is 0 Å². The van der Waals surface area contributed by atoms with Gasteiger partial charge in [-0.05, 0) is 30.6 Å². The lowest BCUT2D eigenvalue weighted by atomic mass is 9.71. The van der Waals surface area contributed by atoms with Gasteiger partial charge in [0, 0.05) is 12.1 Å². The lowest BCUT2D eigenvalue weighted by Gasteiger charge is -2.39. The molecule has 1 rings (SSSR count). The third-order valence-electron chi connectivity index (χ3n) is 4.28. The molecule has 0 bridgehead atoms. The summed E-state index contributed by atoms with van der Waals surface area (Å²) in [5.74, 6) is 2.14. The van der Waals surface area contributed by atoms with Crippen molar-refractivity contribution < 1.29 is 0 Å². The Kier molecular flexibility index (Phi) is 4.39. The van der Waals surface area contributed by atoms with E-state index in [0.717, 1.165) is 18.3 Å². The lowest BCUT2D eigenvalue weighted by Crippen LogP contribution is -2.51. The number of hydrogen-bond acceptors (Lipinski definition) is 2. The van der Waals surface area contributed by atoms with Crippen molar-refractivity contribution in [3.63, 3.8) is 0 Å². The Morgan fingerprint density at radius 2 is 1.86 bits per heavy atom. The van der Waals surface area contributed by atoms with E-state index in [2.05, 4.69) is 20.8 Å². The third-order valence-corrected chi connectivity index (χ3v) is 4.28. The maximum Gasteiger partial charge on any atom is 0.0223 e. The van der Waals surface area contributed by atoms with Crippen molar-refractivity contribution in [3.8, 4) is 0 Å². The highest BCUT2D eigenvalue weighted by Gasteiger charge is 2.33. The maximum atomic E-state index is 6.19. The fourth-order valence-corrected chi connectivity index (χ4v) is 2.70. The van der Waals surface area contributed by atoms with Gasteiger partial charge in [-0.2, -0.15) is 0 Å². The van der Waals surface area contributed by atoms with Crippen molar-refractivity contribution in [2.24, 2.45) is 29.2 Å². The van der Waals surface area contributed by atoms with Gasteiger partial charge in [-0.3, -0.25) is 0 Å². The summed E-state index contributed by atoms with van der Waals surface area (Å²) in [6.45, 7) is 6.93. The van der Waals surface area contributed by atoms with Crippen molar-refractivity contribution in [2.75, 3.05) is 0 Å². The van der Waals surface area contributed by atoms with Crippen LogP contribution in [0.25, 0.3) is 0 Å². The second kappa shape index (κ2) is 5.13. The van der Waals surface area contributed by atoms with Crippen molar-refractivity contribution >= 4 is 0 Å². The van der Waals surface area contributed by atoms with E-state index in [-0.39, 0.29) is 12.1 Å². The van der Waals surface area contributed by atoms with Gasteiger partial charge in [-0.1, -0.05) is 33.6 Å². The van der Waals surface area contributed by atoms with Crippen LogP contribution in [0.3, 0.4) is 0 Å². The molecule has 0 radical (unpaired) electrons. The Morgan fingerprint density at radius 1 is 1.21 bits per heavy atom. The zero-order valence-corrected chi connectivity index (χ0v) is 9.87. The molecule has 0 aliphatic heterocycles. The molecule has 1 aliphatic rings. The summed E-state index contributed by atoms with van der Waals surface area (Å²) in [6, 6.07) is 0.466. The summed E-state index contributed by atoms with van der Waals surface area (Å²) in [5.41, 5.74) is 12.2. The molecule has 0 aromatic carbocycles. The predicted molar refractivity (Wildman–Crippen MR) is 61.9 cm³/mol. The normalized spacial score (nSPS) is 37.9. The van der Waals surface area contributed by atoms with Gasteiger partial charge < -0.3 is 11.5 Å². The molecule has 2 nitrogen and oxygen atoms in total. The minimum atomic E-state index is 0.229. The molecule has 5 atom stereocenters. The smallest absolute Gasteiger partial charge is 0.0223 e. The molecule has 1 aliphatic carbocycles.